The molecule has 1 rings (SSSR count). The lowest BCUT2D eigenvalue weighted by molar-refractivity contribution is -0.121. The zero-order valence-electron chi connectivity index (χ0n) is 9.77. The van der Waals surface area contributed by atoms with E-state index < -0.39 is 0 Å². The first-order valence-corrected chi connectivity index (χ1v) is 5.02. The van der Waals surface area contributed by atoms with Crippen molar-refractivity contribution >= 4 is 11.8 Å². The minimum Gasteiger partial charge on any atom is -0.383 e. The van der Waals surface area contributed by atoms with Gasteiger partial charge < -0.3 is 15.0 Å². The number of H-pyrrole nitrogens is 1. The Hall–Kier alpha value is -1.96. The van der Waals surface area contributed by atoms with Gasteiger partial charge in [-0.1, -0.05) is 0 Å². The molecule has 0 aliphatic carbocycles. The van der Waals surface area contributed by atoms with Gasteiger partial charge in [0.05, 0.1) is 19.3 Å². The number of hydrogen-bond acceptors (Lipinski definition) is 5. The summed E-state index contributed by atoms with van der Waals surface area (Å²) in [5.74, 6) is -0.609. The van der Waals surface area contributed by atoms with Gasteiger partial charge in [-0.3, -0.25) is 9.59 Å². The van der Waals surface area contributed by atoms with Crippen molar-refractivity contribution in [3.8, 4) is 0 Å². The van der Waals surface area contributed by atoms with Gasteiger partial charge in [-0.25, -0.2) is 0 Å². The Morgan fingerprint density at radius 3 is 2.94 bits per heavy atom. The number of ether oxygens (including phenoxy) is 1. The molecule has 2 amide bonds. The van der Waals surface area contributed by atoms with E-state index in [9.17, 15) is 9.59 Å². The average molecular weight is 241 g/mol. The molecule has 0 aromatic carbocycles. The lowest BCUT2D eigenvalue weighted by Crippen LogP contribution is -2.39. The second kappa shape index (κ2) is 6.59. The number of nitrogens with zero attached hydrogens (tertiary/aromatic N) is 3. The topological polar surface area (TPSA) is 100 Å². The fourth-order valence-electron chi connectivity index (χ4n) is 1.14. The molecule has 0 aliphatic rings. The number of aromatic nitrogens is 3. The van der Waals surface area contributed by atoms with Gasteiger partial charge in [0.25, 0.3) is 5.91 Å². The van der Waals surface area contributed by atoms with E-state index in [1.807, 2.05) is 0 Å². The molecular weight excluding hydrogens is 226 g/mol. The van der Waals surface area contributed by atoms with E-state index in [4.69, 9.17) is 4.74 Å². The summed E-state index contributed by atoms with van der Waals surface area (Å²) >= 11 is 0. The van der Waals surface area contributed by atoms with E-state index in [1.165, 1.54) is 18.1 Å². The molecule has 0 radical (unpaired) electrons. The summed E-state index contributed by atoms with van der Waals surface area (Å²) in [7, 11) is 3.07. The summed E-state index contributed by atoms with van der Waals surface area (Å²) in [6, 6.07) is 0. The first-order chi connectivity index (χ1) is 8.15. The van der Waals surface area contributed by atoms with E-state index >= 15 is 0 Å². The Balaban J connectivity index is 2.36. The molecule has 0 atom stereocenters. The molecule has 94 valence electrons. The van der Waals surface area contributed by atoms with Gasteiger partial charge in [-0.15, -0.1) is 0 Å². The van der Waals surface area contributed by atoms with Crippen LogP contribution in [0.4, 0.5) is 0 Å². The van der Waals surface area contributed by atoms with E-state index in [2.05, 4.69) is 20.7 Å². The van der Waals surface area contributed by atoms with Crippen molar-refractivity contribution in [1.82, 2.24) is 25.6 Å². The van der Waals surface area contributed by atoms with Crippen molar-refractivity contribution in [1.29, 1.82) is 0 Å². The summed E-state index contributed by atoms with van der Waals surface area (Å²) in [6.45, 7) is 0.823. The number of rotatable bonds is 6. The number of carbonyl (C=O) groups excluding carboxylic acids is 2. The third kappa shape index (κ3) is 4.19. The number of aromatic amines is 1. The van der Waals surface area contributed by atoms with Gasteiger partial charge in [0, 0.05) is 20.7 Å². The Kier molecular flexibility index (Phi) is 5.08. The number of nitrogens with one attached hydrogen (secondary N) is 2. The quantitative estimate of drug-likeness (QED) is 0.599. The summed E-state index contributed by atoms with van der Waals surface area (Å²) in [5.41, 5.74) is 0.178. The molecule has 1 heterocycles. The van der Waals surface area contributed by atoms with Crippen molar-refractivity contribution in [3.05, 3.63) is 11.9 Å². The maximum Gasteiger partial charge on any atom is 0.276 e. The second-order valence-electron chi connectivity index (χ2n) is 3.36. The van der Waals surface area contributed by atoms with Gasteiger partial charge in [0.1, 0.15) is 0 Å². The van der Waals surface area contributed by atoms with Crippen LogP contribution in [-0.4, -0.2) is 66.0 Å². The summed E-state index contributed by atoms with van der Waals surface area (Å²) in [5, 5.41) is 12.1. The van der Waals surface area contributed by atoms with Crippen LogP contribution in [0.15, 0.2) is 6.20 Å². The number of carbonyl (C=O) groups is 2. The fraction of sp³-hybridized carbons (Fsp3) is 0.556. The van der Waals surface area contributed by atoms with Crippen LogP contribution in [0.25, 0.3) is 0 Å². The van der Waals surface area contributed by atoms with Crippen LogP contribution in [0.5, 0.6) is 0 Å². The highest BCUT2D eigenvalue weighted by Gasteiger charge is 2.16. The number of methoxy groups -OCH3 is 1. The van der Waals surface area contributed by atoms with Crippen molar-refractivity contribution in [3.63, 3.8) is 0 Å². The highest BCUT2D eigenvalue weighted by Crippen LogP contribution is 1.95. The Labute approximate surface area is 98.3 Å². The highest BCUT2D eigenvalue weighted by molar-refractivity contribution is 5.94. The number of likely N-dealkylation sites (N-methyl/N-ethyl adjacent to an activating group) is 1. The van der Waals surface area contributed by atoms with Gasteiger partial charge in [0.15, 0.2) is 5.69 Å². The highest BCUT2D eigenvalue weighted by atomic mass is 16.5. The Morgan fingerprint density at radius 1 is 1.59 bits per heavy atom. The smallest absolute Gasteiger partial charge is 0.276 e. The van der Waals surface area contributed by atoms with Crippen LogP contribution in [0, 0.1) is 0 Å². The van der Waals surface area contributed by atoms with E-state index in [-0.39, 0.29) is 24.1 Å². The first kappa shape index (κ1) is 13.1. The molecule has 8 nitrogen and oxygen atoms in total. The molecule has 0 fully saturated rings. The predicted octanol–water partition coefficient (Wildman–Crippen LogP) is -1.36. The lowest BCUT2D eigenvalue weighted by atomic mass is 10.4. The van der Waals surface area contributed by atoms with Gasteiger partial charge in [0.2, 0.25) is 5.91 Å². The second-order valence-corrected chi connectivity index (χ2v) is 3.36. The van der Waals surface area contributed by atoms with E-state index in [0.717, 1.165) is 0 Å². The van der Waals surface area contributed by atoms with Gasteiger partial charge >= 0.3 is 0 Å². The van der Waals surface area contributed by atoms with Crippen molar-refractivity contribution in [2.75, 3.05) is 33.9 Å². The molecule has 17 heavy (non-hydrogen) atoms. The van der Waals surface area contributed by atoms with E-state index in [1.54, 1.807) is 7.11 Å². The Morgan fingerprint density at radius 2 is 2.35 bits per heavy atom. The summed E-state index contributed by atoms with van der Waals surface area (Å²) < 4.78 is 4.79. The van der Waals surface area contributed by atoms with Crippen molar-refractivity contribution in [2.24, 2.45) is 0 Å². The normalized spacial score (nSPS) is 10.0. The van der Waals surface area contributed by atoms with Crippen LogP contribution < -0.4 is 5.32 Å². The molecule has 1 aromatic heterocycles. The minimum atomic E-state index is -0.361. The van der Waals surface area contributed by atoms with E-state index in [0.29, 0.717) is 13.2 Å². The molecule has 0 saturated carbocycles. The molecular formula is C9H15N5O3. The molecule has 0 bridgehead atoms. The van der Waals surface area contributed by atoms with Gasteiger partial charge in [-0.05, 0) is 0 Å². The van der Waals surface area contributed by atoms with Crippen LogP contribution in [0.2, 0.25) is 0 Å². The van der Waals surface area contributed by atoms with Gasteiger partial charge in [-0.2, -0.15) is 15.4 Å². The largest absolute Gasteiger partial charge is 0.383 e. The summed E-state index contributed by atoms with van der Waals surface area (Å²) in [4.78, 5) is 24.3. The minimum absolute atomic E-state index is 0.0323. The molecule has 0 spiro atoms. The van der Waals surface area contributed by atoms with Crippen LogP contribution >= 0.6 is 0 Å². The predicted molar refractivity (Wildman–Crippen MR) is 58.2 cm³/mol. The summed E-state index contributed by atoms with van der Waals surface area (Å²) in [6.07, 6.45) is 1.31. The molecule has 2 N–H and O–H groups in total. The molecule has 1 aromatic rings. The number of amides is 2. The maximum atomic E-state index is 11.7. The third-order valence-electron chi connectivity index (χ3n) is 1.99. The SMILES string of the molecule is COCCNC(=O)CN(C)C(=O)c1cn[nH]n1. The first-order valence-electron chi connectivity index (χ1n) is 5.02. The average Bonchev–Trinajstić information content (AvgIpc) is 2.81. The van der Waals surface area contributed by atoms with Crippen LogP contribution in [0.1, 0.15) is 10.5 Å². The van der Waals surface area contributed by atoms with Crippen molar-refractivity contribution in [2.45, 2.75) is 0 Å². The van der Waals surface area contributed by atoms with Crippen molar-refractivity contribution < 1.29 is 14.3 Å². The molecule has 0 unspecified atom stereocenters. The number of hydrogen-bond donors (Lipinski definition) is 2. The zero-order valence-corrected chi connectivity index (χ0v) is 9.77. The standard InChI is InChI=1S/C9H15N5O3/c1-14(6-8(15)10-3-4-17-2)9(16)7-5-11-13-12-7/h5H,3-4,6H2,1-2H3,(H,10,15)(H,11,12,13). The third-order valence-corrected chi connectivity index (χ3v) is 1.99. The fourth-order valence-corrected chi connectivity index (χ4v) is 1.14. The van der Waals surface area contributed by atoms with Crippen LogP contribution in [0.3, 0.4) is 0 Å². The molecule has 0 aliphatic heterocycles. The molecule has 8 heteroatoms. The monoisotopic (exact) mass is 241 g/mol. The Bertz CT molecular complexity index is 365. The lowest BCUT2D eigenvalue weighted by Gasteiger charge is -2.14. The van der Waals surface area contributed by atoms with Crippen LogP contribution in [-0.2, 0) is 9.53 Å². The zero-order chi connectivity index (χ0) is 12.7. The maximum absolute atomic E-state index is 11.7. The molecule has 0 saturated heterocycles.